The van der Waals surface area contributed by atoms with E-state index in [1.165, 1.54) is 0 Å². The summed E-state index contributed by atoms with van der Waals surface area (Å²) in [4.78, 5) is 0. The minimum atomic E-state index is 0. The Balaban J connectivity index is -0.00000000500. The number of rotatable bonds is 0. The molecule has 0 saturated heterocycles. The van der Waals surface area contributed by atoms with Crippen LogP contribution in [0.15, 0.2) is 0 Å². The zero-order chi connectivity index (χ0) is 2.00. The molecule has 1 N–H and O–H groups in total. The summed E-state index contributed by atoms with van der Waals surface area (Å²) in [7, 11) is 0. The van der Waals surface area contributed by atoms with Crippen molar-refractivity contribution in [3.8, 4) is 0 Å². The molecule has 4 heteroatoms. The molecule has 0 heterocycles. The van der Waals surface area contributed by atoms with Crippen LogP contribution in [0.5, 0.6) is 0 Å². The summed E-state index contributed by atoms with van der Waals surface area (Å²) in [6.07, 6.45) is 0. The van der Waals surface area contributed by atoms with Crippen LogP contribution in [0.25, 0.3) is 0 Å². The van der Waals surface area contributed by atoms with Crippen LogP contribution in [-0.4, -0.2) is 2.42 Å². The maximum atomic E-state index is 7.13. The molecule has 0 aromatic rings. The van der Waals surface area contributed by atoms with Gasteiger partial charge < -0.3 is 9.41 Å². The van der Waals surface area contributed by atoms with Gasteiger partial charge in [-0.25, -0.2) is 0 Å². The van der Waals surface area contributed by atoms with E-state index in [2.05, 4.69) is 0 Å². The van der Waals surface area contributed by atoms with Gasteiger partial charge in [0.05, 0.1) is 0 Å². The molecule has 1 nitrogen and oxygen atoms in total. The molecule has 0 bridgehead atoms. The summed E-state index contributed by atoms with van der Waals surface area (Å²) in [5.74, 6) is 0. The van der Waals surface area contributed by atoms with E-state index in [1.807, 2.05) is 0 Å². The van der Waals surface area contributed by atoms with Crippen LogP contribution in [0.2, 0.25) is 0 Å². The Morgan fingerprint density at radius 2 is 1.00 bits per heavy atom. The van der Waals surface area contributed by atoms with Crippen molar-refractivity contribution in [2.75, 3.05) is 0 Å². The van der Waals surface area contributed by atoms with Gasteiger partial charge in [-0.2, -0.15) is 0 Å². The molecule has 0 aliphatic carbocycles. The third kappa shape index (κ3) is 12.7. The molecule has 0 aliphatic heterocycles. The van der Waals surface area contributed by atoms with Gasteiger partial charge >= 0.3 is 33.9 Å². The Hall–Kier alpha value is 0.924. The molecule has 0 aromatic carbocycles. The standard InChI is InChI=1S/2FH.H2O.Y/h2*1H;1H2;/q;;;+3/p-3. The molecule has 0 amide bonds. The second kappa shape index (κ2) is 39.3. The Morgan fingerprint density at radius 3 is 1.00 bits per heavy atom. The van der Waals surface area contributed by atoms with Gasteiger partial charge in [-0.15, -0.1) is 0 Å². The molecule has 0 unspecified atom stereocenters. The van der Waals surface area contributed by atoms with Crippen molar-refractivity contribution in [3.63, 3.8) is 0 Å². The molecule has 0 aromatic heterocycles. The van der Waals surface area contributed by atoms with E-state index < -0.39 is 0 Å². The van der Waals surface area contributed by atoms with Gasteiger partial charge in [0, 0.05) is 0 Å². The third-order valence-electron chi connectivity index (χ3n) is 0. The maximum absolute atomic E-state index is 7.13. The molecule has 0 rings (SSSR count). The van der Waals surface area contributed by atoms with Gasteiger partial charge in [-0.05, 0) is 0 Å². The Kier molecular flexibility index (Phi) is 201. The first-order valence-corrected chi connectivity index (χ1v) is 1.53. The summed E-state index contributed by atoms with van der Waals surface area (Å²) < 4.78 is 7.13. The van der Waals surface area contributed by atoms with E-state index in [0.717, 1.165) is 0 Å². The third-order valence-corrected chi connectivity index (χ3v) is 0. The van der Waals surface area contributed by atoms with Gasteiger partial charge in [-0.1, -0.05) is 0 Å². The van der Waals surface area contributed by atoms with Crippen molar-refractivity contribution in [2.45, 2.75) is 0 Å². The van der Waals surface area contributed by atoms with E-state index in [9.17, 15) is 0 Å². The minimum absolute atomic E-state index is 0. The Morgan fingerprint density at radius 1 is 1.00 bits per heavy atom. The van der Waals surface area contributed by atoms with E-state index >= 15 is 0 Å². The topological polar surface area (TPSA) is 20.2 Å². The fraction of sp³-hybridized carbons (Fsp3) is 0. The van der Waals surface area contributed by atoms with Gasteiger partial charge in [0.2, 0.25) is 0 Å². The first-order valence-electron chi connectivity index (χ1n) is 0.258. The fourth-order valence-electron chi connectivity index (χ4n) is 0. The van der Waals surface area contributed by atoms with E-state index in [1.54, 1.807) is 0 Å². The number of hydrogen-bond donors (Lipinski definition) is 1. The van der Waals surface area contributed by atoms with Crippen molar-refractivity contribution in [1.29, 1.82) is 0 Å². The summed E-state index contributed by atoms with van der Waals surface area (Å²) in [5.41, 5.74) is 0. The van der Waals surface area contributed by atoms with Gasteiger partial charge in [0.15, 0.2) is 0 Å². The van der Waals surface area contributed by atoms with Crippen molar-refractivity contribution >= 4 is 0 Å². The second-order valence-electron chi connectivity index (χ2n) is 0. The van der Waals surface area contributed by atoms with Crippen molar-refractivity contribution < 1.29 is 43.3 Å². The average Bonchev–Trinajstić information content (AvgIpc) is 1.00. The molecule has 0 saturated carbocycles. The molecule has 0 spiro atoms. The SMILES string of the molecule is [F-].[F-].[OH][Y+2]. The summed E-state index contributed by atoms with van der Waals surface area (Å²) in [5, 5.41) is 0. The molecule has 24 valence electrons. The van der Waals surface area contributed by atoms with Crippen LogP contribution in [0.4, 0.5) is 0 Å². The Bertz CT molecular complexity index is 6.00. The molecule has 4 heavy (non-hydrogen) atoms. The number of hydrogen-bond acceptors (Lipinski definition) is 1. The zero-order valence-electron chi connectivity index (χ0n) is 1.78. The molecular formula is HF2OY. The van der Waals surface area contributed by atoms with E-state index in [-0.39, 0.29) is 9.41 Å². The predicted molar refractivity (Wildman–Crippen MR) is 2.22 cm³/mol. The van der Waals surface area contributed by atoms with Gasteiger partial charge in [0.1, 0.15) is 0 Å². The predicted octanol–water partition coefficient (Wildman–Crippen LogP) is -6.55. The van der Waals surface area contributed by atoms with Crippen LogP contribution in [-0.2, 0) is 31.5 Å². The van der Waals surface area contributed by atoms with Crippen LogP contribution in [0, 0.1) is 0 Å². The first kappa shape index (κ1) is 20.5. The van der Waals surface area contributed by atoms with E-state index in [0.29, 0.717) is 31.5 Å². The monoisotopic (exact) mass is 144 g/mol. The fourth-order valence-corrected chi connectivity index (χ4v) is 0. The molecular weight excluding hydrogens is 143 g/mol. The van der Waals surface area contributed by atoms with Crippen molar-refractivity contribution in [1.82, 2.24) is 0 Å². The van der Waals surface area contributed by atoms with Crippen LogP contribution in [0.1, 0.15) is 0 Å². The first-order chi connectivity index (χ1) is 1.00. The molecule has 0 atom stereocenters. The van der Waals surface area contributed by atoms with Crippen LogP contribution < -0.4 is 9.41 Å². The molecule has 0 radical (unpaired) electrons. The van der Waals surface area contributed by atoms with Gasteiger partial charge in [-0.3, -0.25) is 0 Å². The summed E-state index contributed by atoms with van der Waals surface area (Å²) in [6, 6.07) is 0. The van der Waals surface area contributed by atoms with Crippen LogP contribution in [0.3, 0.4) is 0 Å². The normalized spacial score (nSPS) is 1.75. The summed E-state index contributed by atoms with van der Waals surface area (Å²) >= 11 is 0.350. The van der Waals surface area contributed by atoms with Gasteiger partial charge in [0.25, 0.3) is 0 Å². The quantitative estimate of drug-likeness (QED) is 0.358. The molecule has 0 fully saturated rings. The van der Waals surface area contributed by atoms with Crippen molar-refractivity contribution in [2.24, 2.45) is 0 Å². The van der Waals surface area contributed by atoms with E-state index in [4.69, 9.17) is 2.42 Å². The molecule has 0 aliphatic rings. The zero-order valence-corrected chi connectivity index (χ0v) is 4.62. The Labute approximate surface area is 43.4 Å². The second-order valence-corrected chi connectivity index (χ2v) is 0. The average molecular weight is 144 g/mol. The summed E-state index contributed by atoms with van der Waals surface area (Å²) in [6.45, 7) is 0. The number of halogens is 2. The van der Waals surface area contributed by atoms with Crippen LogP contribution >= 0.6 is 0 Å². The van der Waals surface area contributed by atoms with Crippen molar-refractivity contribution in [3.05, 3.63) is 0 Å².